The highest BCUT2D eigenvalue weighted by Gasteiger charge is 2.18. The van der Waals surface area contributed by atoms with E-state index in [2.05, 4.69) is 32.4 Å². The maximum absolute atomic E-state index is 15.0. The van der Waals surface area contributed by atoms with E-state index < -0.39 is 0 Å². The smallest absolute Gasteiger partial charge is 0.247 e. The molecule has 0 fully saturated rings. The molecule has 3 aromatic carbocycles. The summed E-state index contributed by atoms with van der Waals surface area (Å²) in [6.07, 6.45) is 2.87. The first-order valence-corrected chi connectivity index (χ1v) is 14.0. The molecule has 10 nitrogen and oxygen atoms in total. The number of methoxy groups -OCH3 is 2. The van der Waals surface area contributed by atoms with E-state index in [1.54, 1.807) is 51.6 Å². The number of nitrogens with zero attached hydrogens (tertiary/aromatic N) is 4. The lowest BCUT2D eigenvalue weighted by Gasteiger charge is -2.26. The third kappa shape index (κ3) is 7.61. The zero-order valence-corrected chi connectivity index (χ0v) is 25.9. The number of hydrogen-bond donors (Lipinski definition) is 3. The van der Waals surface area contributed by atoms with Crippen molar-refractivity contribution in [3.8, 4) is 22.6 Å². The first kappa shape index (κ1) is 31.8. The van der Waals surface area contributed by atoms with Crippen molar-refractivity contribution in [3.05, 3.63) is 84.8 Å². The van der Waals surface area contributed by atoms with E-state index in [-0.39, 0.29) is 23.4 Å². The summed E-state index contributed by atoms with van der Waals surface area (Å²) in [6, 6.07) is 16.2. The second-order valence-electron chi connectivity index (χ2n) is 10.4. The molecular weight excluding hydrogens is 561 g/mol. The predicted molar refractivity (Wildman–Crippen MR) is 175 cm³/mol. The Kier molecular flexibility index (Phi) is 10.4. The lowest BCUT2D eigenvalue weighted by Crippen LogP contribution is -2.29. The Morgan fingerprint density at radius 1 is 0.977 bits per heavy atom. The van der Waals surface area contributed by atoms with Gasteiger partial charge in [-0.05, 0) is 62.5 Å². The summed E-state index contributed by atoms with van der Waals surface area (Å²) in [5.41, 5.74) is 4.07. The van der Waals surface area contributed by atoms with E-state index in [4.69, 9.17) is 14.5 Å². The topological polar surface area (TPSA) is 104 Å². The van der Waals surface area contributed by atoms with Crippen LogP contribution in [0.3, 0.4) is 0 Å². The van der Waals surface area contributed by atoms with E-state index in [1.165, 1.54) is 6.08 Å². The van der Waals surface area contributed by atoms with Crippen LogP contribution in [-0.2, 0) is 4.79 Å². The minimum Gasteiger partial charge on any atom is -0.497 e. The number of benzene rings is 3. The molecule has 11 heteroatoms. The van der Waals surface area contributed by atoms with Crippen LogP contribution in [0.2, 0.25) is 0 Å². The van der Waals surface area contributed by atoms with E-state index >= 15 is 4.39 Å². The summed E-state index contributed by atoms with van der Waals surface area (Å²) in [6.45, 7) is 6.80. The maximum atomic E-state index is 15.0. The highest BCUT2D eigenvalue weighted by Crippen LogP contribution is 2.39. The molecular formula is C33H38FN7O3. The minimum atomic E-state index is -0.375. The van der Waals surface area contributed by atoms with Crippen molar-refractivity contribution < 1.29 is 18.7 Å². The molecule has 4 aromatic rings. The van der Waals surface area contributed by atoms with Crippen molar-refractivity contribution in [2.24, 2.45) is 0 Å². The Morgan fingerprint density at radius 3 is 2.39 bits per heavy atom. The van der Waals surface area contributed by atoms with Gasteiger partial charge in [-0.1, -0.05) is 30.8 Å². The number of aryl methyl sites for hydroxylation is 1. The SMILES string of the molecule is C=CC(=O)Nc1cc(Nc2ncc(-c3ccc(OC)cc3)c(Nc3cccc(C)c3F)n2)c(OC)cc1N(C)CCN(C)C. The summed E-state index contributed by atoms with van der Waals surface area (Å²) in [7, 11) is 9.10. The summed E-state index contributed by atoms with van der Waals surface area (Å²) >= 11 is 0. The molecule has 0 aliphatic carbocycles. The molecule has 44 heavy (non-hydrogen) atoms. The lowest BCUT2D eigenvalue weighted by molar-refractivity contribution is -0.111. The molecule has 230 valence electrons. The van der Waals surface area contributed by atoms with Gasteiger partial charge in [0.2, 0.25) is 11.9 Å². The third-order valence-electron chi connectivity index (χ3n) is 6.94. The van der Waals surface area contributed by atoms with Crippen LogP contribution in [0.25, 0.3) is 11.1 Å². The normalized spacial score (nSPS) is 10.7. The number of rotatable bonds is 13. The van der Waals surface area contributed by atoms with Crippen molar-refractivity contribution in [1.82, 2.24) is 14.9 Å². The summed E-state index contributed by atoms with van der Waals surface area (Å²) in [4.78, 5) is 25.8. The number of carbonyl (C=O) groups is 1. The standard InChI is InChI=1S/C33H38FN7O3/c1-8-30(42)36-26-18-27(29(44-7)19-28(26)41(5)17-16-40(3)4)38-33-35-20-24(22-12-14-23(43-6)15-13-22)32(39-33)37-25-11-9-10-21(2)31(25)34/h8-15,18-20H,1,16-17H2,2-7H3,(H,36,42)(H2,35,37,38,39). The van der Waals surface area contributed by atoms with Gasteiger partial charge in [0, 0.05) is 38.0 Å². The number of anilines is 6. The minimum absolute atomic E-state index is 0.228. The summed E-state index contributed by atoms with van der Waals surface area (Å²) in [5, 5.41) is 9.25. The van der Waals surface area contributed by atoms with Crippen molar-refractivity contribution in [2.45, 2.75) is 6.92 Å². The number of aromatic nitrogens is 2. The third-order valence-corrected chi connectivity index (χ3v) is 6.94. The molecule has 0 saturated carbocycles. The van der Waals surface area contributed by atoms with E-state index in [1.807, 2.05) is 56.4 Å². The molecule has 0 radical (unpaired) electrons. The Morgan fingerprint density at radius 2 is 1.73 bits per heavy atom. The van der Waals surface area contributed by atoms with Crippen LogP contribution < -0.4 is 30.3 Å². The number of amides is 1. The van der Waals surface area contributed by atoms with Crippen molar-refractivity contribution in [3.63, 3.8) is 0 Å². The molecule has 4 rings (SSSR count). The molecule has 0 bridgehead atoms. The van der Waals surface area contributed by atoms with Crippen LogP contribution in [0.15, 0.2) is 73.4 Å². The number of likely N-dealkylation sites (N-methyl/N-ethyl adjacent to an activating group) is 2. The number of carbonyl (C=O) groups excluding carboxylic acids is 1. The molecule has 1 aromatic heterocycles. The zero-order chi connectivity index (χ0) is 31.8. The number of ether oxygens (including phenoxy) is 2. The van der Waals surface area contributed by atoms with Gasteiger partial charge in [0.05, 0.1) is 37.0 Å². The lowest BCUT2D eigenvalue weighted by atomic mass is 10.1. The van der Waals surface area contributed by atoms with Gasteiger partial charge in [-0.15, -0.1) is 0 Å². The second-order valence-corrected chi connectivity index (χ2v) is 10.4. The van der Waals surface area contributed by atoms with Gasteiger partial charge < -0.3 is 35.2 Å². The van der Waals surface area contributed by atoms with E-state index in [0.717, 1.165) is 17.8 Å². The molecule has 0 atom stereocenters. The average Bonchev–Trinajstić information content (AvgIpc) is 3.02. The molecule has 0 saturated heterocycles. The van der Waals surface area contributed by atoms with Crippen LogP contribution in [0.5, 0.6) is 11.5 Å². The Balaban J connectivity index is 1.77. The van der Waals surface area contributed by atoms with Crippen LogP contribution in [0, 0.1) is 12.7 Å². The largest absolute Gasteiger partial charge is 0.497 e. The first-order chi connectivity index (χ1) is 21.1. The zero-order valence-electron chi connectivity index (χ0n) is 25.9. The molecule has 0 unspecified atom stereocenters. The molecule has 0 aliphatic heterocycles. The quantitative estimate of drug-likeness (QED) is 0.155. The van der Waals surface area contributed by atoms with Crippen LogP contribution in [0.4, 0.5) is 38.9 Å². The van der Waals surface area contributed by atoms with Crippen molar-refractivity contribution >= 4 is 40.4 Å². The van der Waals surface area contributed by atoms with Gasteiger partial charge >= 0.3 is 0 Å². The number of halogens is 1. The van der Waals surface area contributed by atoms with Crippen molar-refractivity contribution in [2.75, 3.05) is 69.3 Å². The molecule has 0 spiro atoms. The first-order valence-electron chi connectivity index (χ1n) is 14.0. The fraction of sp³-hybridized carbons (Fsp3) is 0.242. The Bertz CT molecular complexity index is 1630. The number of hydrogen-bond acceptors (Lipinski definition) is 9. The summed E-state index contributed by atoms with van der Waals surface area (Å²) in [5.74, 6) is 1.10. The Hall–Kier alpha value is -5.16. The maximum Gasteiger partial charge on any atom is 0.247 e. The summed E-state index contributed by atoms with van der Waals surface area (Å²) < 4.78 is 26.1. The second kappa shape index (κ2) is 14.3. The Labute approximate surface area is 257 Å². The number of nitrogens with one attached hydrogen (secondary N) is 3. The van der Waals surface area contributed by atoms with Gasteiger partial charge in [0.25, 0.3) is 0 Å². The van der Waals surface area contributed by atoms with Gasteiger partial charge in [0.1, 0.15) is 23.1 Å². The average molecular weight is 600 g/mol. The molecule has 3 N–H and O–H groups in total. The monoisotopic (exact) mass is 599 g/mol. The van der Waals surface area contributed by atoms with Crippen LogP contribution in [0.1, 0.15) is 5.56 Å². The predicted octanol–water partition coefficient (Wildman–Crippen LogP) is 6.22. The van der Waals surface area contributed by atoms with Crippen molar-refractivity contribution in [1.29, 1.82) is 0 Å². The molecule has 1 amide bonds. The van der Waals surface area contributed by atoms with Gasteiger partial charge in [0.15, 0.2) is 0 Å². The van der Waals surface area contributed by atoms with E-state index in [0.29, 0.717) is 46.4 Å². The highest BCUT2D eigenvalue weighted by molar-refractivity contribution is 6.02. The highest BCUT2D eigenvalue weighted by atomic mass is 19.1. The van der Waals surface area contributed by atoms with Gasteiger partial charge in [-0.2, -0.15) is 4.98 Å². The van der Waals surface area contributed by atoms with E-state index in [9.17, 15) is 4.79 Å². The van der Waals surface area contributed by atoms with Gasteiger partial charge in [-0.3, -0.25) is 4.79 Å². The van der Waals surface area contributed by atoms with Crippen LogP contribution >= 0.6 is 0 Å². The molecule has 1 heterocycles. The fourth-order valence-electron chi connectivity index (χ4n) is 4.42. The molecule has 0 aliphatic rings. The van der Waals surface area contributed by atoms with Crippen LogP contribution in [-0.4, -0.2) is 69.2 Å². The fourth-order valence-corrected chi connectivity index (χ4v) is 4.42. The van der Waals surface area contributed by atoms with Gasteiger partial charge in [-0.25, -0.2) is 9.37 Å².